The predicted octanol–water partition coefficient (Wildman–Crippen LogP) is 0.0772. The Hall–Kier alpha value is -1.40. The van der Waals surface area contributed by atoms with Gasteiger partial charge in [0.2, 0.25) is 0 Å². The number of ether oxygens (including phenoxy) is 2. The second-order valence-corrected chi connectivity index (χ2v) is 3.41. The van der Waals surface area contributed by atoms with E-state index >= 15 is 0 Å². The lowest BCUT2D eigenvalue weighted by Crippen LogP contribution is -2.34. The van der Waals surface area contributed by atoms with Crippen molar-refractivity contribution in [1.82, 2.24) is 15.1 Å². The number of nitrogens with one attached hydrogen (secondary N) is 1. The highest BCUT2D eigenvalue weighted by Gasteiger charge is 2.14. The van der Waals surface area contributed by atoms with Crippen LogP contribution in [0.3, 0.4) is 0 Å². The summed E-state index contributed by atoms with van der Waals surface area (Å²) in [6, 6.07) is 0. The Morgan fingerprint density at radius 3 is 2.62 bits per heavy atom. The van der Waals surface area contributed by atoms with E-state index in [9.17, 15) is 4.79 Å². The molecule has 6 heteroatoms. The minimum absolute atomic E-state index is 0.176. The van der Waals surface area contributed by atoms with E-state index in [2.05, 4.69) is 10.4 Å². The Bertz CT molecular complexity index is 358. The van der Waals surface area contributed by atoms with Crippen molar-refractivity contribution in [3.63, 3.8) is 0 Å². The third-order valence-corrected chi connectivity index (χ3v) is 2.21. The molecule has 0 saturated carbocycles. The van der Waals surface area contributed by atoms with Gasteiger partial charge in [-0.15, -0.1) is 0 Å². The SMILES string of the molecule is COC(CNC(=O)c1cn(C)nc1C)OC. The molecular formula is C10H17N3O3. The highest BCUT2D eigenvalue weighted by molar-refractivity contribution is 5.94. The van der Waals surface area contributed by atoms with Crippen LogP contribution in [0.5, 0.6) is 0 Å². The summed E-state index contributed by atoms with van der Waals surface area (Å²) in [5.41, 5.74) is 1.26. The van der Waals surface area contributed by atoms with Crippen molar-refractivity contribution < 1.29 is 14.3 Å². The minimum Gasteiger partial charge on any atom is -0.354 e. The third-order valence-electron chi connectivity index (χ3n) is 2.21. The molecule has 0 fully saturated rings. The first kappa shape index (κ1) is 12.7. The summed E-state index contributed by atoms with van der Waals surface area (Å²) >= 11 is 0. The van der Waals surface area contributed by atoms with Gasteiger partial charge in [0.25, 0.3) is 5.91 Å². The summed E-state index contributed by atoms with van der Waals surface area (Å²) in [5, 5.41) is 6.81. The average molecular weight is 227 g/mol. The maximum absolute atomic E-state index is 11.7. The van der Waals surface area contributed by atoms with E-state index in [0.29, 0.717) is 17.8 Å². The summed E-state index contributed by atoms with van der Waals surface area (Å²) in [5.74, 6) is -0.176. The van der Waals surface area contributed by atoms with Crippen LogP contribution in [-0.4, -0.2) is 42.7 Å². The van der Waals surface area contributed by atoms with Crippen LogP contribution in [-0.2, 0) is 16.5 Å². The zero-order chi connectivity index (χ0) is 12.1. The molecule has 0 saturated heterocycles. The van der Waals surface area contributed by atoms with Crippen LogP contribution in [0, 0.1) is 6.92 Å². The van der Waals surface area contributed by atoms with Crippen LogP contribution in [0.15, 0.2) is 6.20 Å². The Labute approximate surface area is 94.5 Å². The number of methoxy groups -OCH3 is 2. The smallest absolute Gasteiger partial charge is 0.254 e. The van der Waals surface area contributed by atoms with E-state index < -0.39 is 6.29 Å². The van der Waals surface area contributed by atoms with Gasteiger partial charge in [-0.3, -0.25) is 9.48 Å². The number of carbonyl (C=O) groups excluding carboxylic acids is 1. The molecule has 0 aliphatic rings. The fourth-order valence-corrected chi connectivity index (χ4v) is 1.36. The molecule has 1 aromatic heterocycles. The topological polar surface area (TPSA) is 65.4 Å². The first-order valence-electron chi connectivity index (χ1n) is 4.92. The second kappa shape index (κ2) is 5.62. The quantitative estimate of drug-likeness (QED) is 0.723. The van der Waals surface area contributed by atoms with Gasteiger partial charge in [0.05, 0.1) is 17.8 Å². The molecule has 0 aliphatic carbocycles. The van der Waals surface area contributed by atoms with Crippen LogP contribution >= 0.6 is 0 Å². The van der Waals surface area contributed by atoms with Gasteiger partial charge in [0.15, 0.2) is 6.29 Å². The Morgan fingerprint density at radius 1 is 1.56 bits per heavy atom. The molecule has 0 unspecified atom stereocenters. The molecular weight excluding hydrogens is 210 g/mol. The Kier molecular flexibility index (Phi) is 4.45. The lowest BCUT2D eigenvalue weighted by atomic mass is 10.2. The Balaban J connectivity index is 2.56. The summed E-state index contributed by atoms with van der Waals surface area (Å²) in [4.78, 5) is 11.7. The third kappa shape index (κ3) is 3.04. The molecule has 0 aliphatic heterocycles. The van der Waals surface area contributed by atoms with Gasteiger partial charge < -0.3 is 14.8 Å². The number of amides is 1. The van der Waals surface area contributed by atoms with Crippen LogP contribution in [0.1, 0.15) is 16.1 Å². The fraction of sp³-hybridized carbons (Fsp3) is 0.600. The van der Waals surface area contributed by atoms with Gasteiger partial charge >= 0.3 is 0 Å². The highest BCUT2D eigenvalue weighted by atomic mass is 16.7. The second-order valence-electron chi connectivity index (χ2n) is 3.41. The van der Waals surface area contributed by atoms with E-state index in [1.807, 2.05) is 0 Å². The van der Waals surface area contributed by atoms with Crippen molar-refractivity contribution in [1.29, 1.82) is 0 Å². The first-order chi connectivity index (χ1) is 7.58. The molecule has 0 bridgehead atoms. The summed E-state index contributed by atoms with van der Waals surface area (Å²) in [7, 11) is 4.82. The zero-order valence-electron chi connectivity index (χ0n) is 9.98. The first-order valence-corrected chi connectivity index (χ1v) is 4.92. The summed E-state index contributed by atoms with van der Waals surface area (Å²) in [6.45, 7) is 2.10. The number of aromatic nitrogens is 2. The molecule has 0 atom stereocenters. The van der Waals surface area contributed by atoms with Crippen LogP contribution in [0.2, 0.25) is 0 Å². The number of hydrogen-bond acceptors (Lipinski definition) is 4. The molecule has 6 nitrogen and oxygen atoms in total. The van der Waals surface area contributed by atoms with Gasteiger partial charge in [-0.1, -0.05) is 0 Å². The lowest BCUT2D eigenvalue weighted by molar-refractivity contribution is -0.0974. The van der Waals surface area contributed by atoms with E-state index in [-0.39, 0.29) is 5.91 Å². The van der Waals surface area contributed by atoms with Crippen LogP contribution in [0.25, 0.3) is 0 Å². The van der Waals surface area contributed by atoms with Crippen molar-refractivity contribution in [2.45, 2.75) is 13.2 Å². The van der Waals surface area contributed by atoms with Crippen molar-refractivity contribution in [3.05, 3.63) is 17.5 Å². The molecule has 0 spiro atoms. The van der Waals surface area contributed by atoms with E-state index in [1.165, 1.54) is 14.2 Å². The molecule has 16 heavy (non-hydrogen) atoms. The Morgan fingerprint density at radius 2 is 2.19 bits per heavy atom. The maximum atomic E-state index is 11.7. The van der Waals surface area contributed by atoms with Crippen LogP contribution in [0.4, 0.5) is 0 Å². The van der Waals surface area contributed by atoms with E-state index in [4.69, 9.17) is 9.47 Å². The van der Waals surface area contributed by atoms with Crippen molar-refractivity contribution in [2.75, 3.05) is 20.8 Å². The molecule has 1 N–H and O–H groups in total. The normalized spacial score (nSPS) is 10.8. The van der Waals surface area contributed by atoms with Crippen molar-refractivity contribution >= 4 is 5.91 Å². The maximum Gasteiger partial charge on any atom is 0.254 e. The molecule has 1 rings (SSSR count). The van der Waals surface area contributed by atoms with Gasteiger partial charge in [-0.25, -0.2) is 0 Å². The monoisotopic (exact) mass is 227 g/mol. The zero-order valence-corrected chi connectivity index (χ0v) is 9.98. The number of aryl methyl sites for hydroxylation is 2. The minimum atomic E-state index is -0.430. The van der Waals surface area contributed by atoms with Gasteiger partial charge in [0, 0.05) is 27.5 Å². The molecule has 0 aromatic carbocycles. The standard InChI is InChI=1S/C10H17N3O3/c1-7-8(6-13(2)12-7)10(14)11-5-9(15-3)16-4/h6,9H,5H2,1-4H3,(H,11,14). The van der Waals surface area contributed by atoms with Crippen LogP contribution < -0.4 is 5.32 Å². The van der Waals surface area contributed by atoms with Gasteiger partial charge in [-0.2, -0.15) is 5.10 Å². The number of nitrogens with zero attached hydrogens (tertiary/aromatic N) is 2. The summed E-state index contributed by atoms with van der Waals surface area (Å²) in [6.07, 6.45) is 1.25. The lowest BCUT2D eigenvalue weighted by Gasteiger charge is -2.13. The largest absolute Gasteiger partial charge is 0.354 e. The highest BCUT2D eigenvalue weighted by Crippen LogP contribution is 2.04. The number of carbonyl (C=O) groups is 1. The van der Waals surface area contributed by atoms with Gasteiger partial charge in [-0.05, 0) is 6.92 Å². The fourth-order valence-electron chi connectivity index (χ4n) is 1.36. The number of rotatable bonds is 5. The summed E-state index contributed by atoms with van der Waals surface area (Å²) < 4.78 is 11.5. The molecule has 1 amide bonds. The molecule has 1 aromatic rings. The number of hydrogen-bond donors (Lipinski definition) is 1. The molecule has 90 valence electrons. The van der Waals surface area contributed by atoms with E-state index in [1.54, 1.807) is 24.9 Å². The van der Waals surface area contributed by atoms with Crippen molar-refractivity contribution in [3.8, 4) is 0 Å². The van der Waals surface area contributed by atoms with E-state index in [0.717, 1.165) is 0 Å². The molecule has 0 radical (unpaired) electrons. The average Bonchev–Trinajstić information content (AvgIpc) is 2.59. The van der Waals surface area contributed by atoms with Crippen molar-refractivity contribution in [2.24, 2.45) is 7.05 Å². The molecule has 1 heterocycles. The predicted molar refractivity (Wildman–Crippen MR) is 58.1 cm³/mol. The van der Waals surface area contributed by atoms with Gasteiger partial charge in [0.1, 0.15) is 0 Å².